The summed E-state index contributed by atoms with van der Waals surface area (Å²) in [6, 6.07) is 4.58. The lowest BCUT2D eigenvalue weighted by Gasteiger charge is -2.19. The Labute approximate surface area is 129 Å². The second kappa shape index (κ2) is 5.30. The van der Waals surface area contributed by atoms with Crippen molar-refractivity contribution < 1.29 is 4.39 Å². The normalized spacial score (nSPS) is 11.7. The predicted molar refractivity (Wildman–Crippen MR) is 81.7 cm³/mol. The van der Waals surface area contributed by atoms with E-state index in [-0.39, 0.29) is 27.4 Å². The van der Waals surface area contributed by atoms with Gasteiger partial charge in [-0.05, 0) is 28.1 Å². The van der Waals surface area contributed by atoms with Crippen LogP contribution in [-0.4, -0.2) is 9.97 Å². The summed E-state index contributed by atoms with van der Waals surface area (Å²) in [7, 11) is 0. The average Bonchev–Trinajstić information content (AvgIpc) is 2.34. The Morgan fingerprint density at radius 1 is 1.35 bits per heavy atom. The van der Waals surface area contributed by atoms with Crippen LogP contribution in [-0.2, 0) is 5.41 Å². The van der Waals surface area contributed by atoms with E-state index in [2.05, 4.69) is 25.9 Å². The van der Waals surface area contributed by atoms with Crippen molar-refractivity contribution in [2.75, 3.05) is 0 Å². The second-order valence-electron chi connectivity index (χ2n) is 5.43. The van der Waals surface area contributed by atoms with Crippen LogP contribution in [0.25, 0.3) is 11.4 Å². The molecule has 0 aliphatic carbocycles. The van der Waals surface area contributed by atoms with Crippen LogP contribution in [0.3, 0.4) is 0 Å². The van der Waals surface area contributed by atoms with E-state index in [9.17, 15) is 9.18 Å². The van der Waals surface area contributed by atoms with E-state index in [0.29, 0.717) is 10.2 Å². The number of benzene rings is 1. The Bertz CT molecular complexity index is 722. The fourth-order valence-electron chi connectivity index (χ4n) is 1.77. The first-order valence-corrected chi connectivity index (χ1v) is 7.13. The van der Waals surface area contributed by atoms with Crippen LogP contribution in [0.2, 0.25) is 5.02 Å². The SMILES string of the molecule is CC(C)(C)c1nc(-c2cccc(Cl)c2F)[nH]c(=O)c1Br. The molecule has 0 aliphatic rings. The lowest BCUT2D eigenvalue weighted by atomic mass is 9.92. The maximum Gasteiger partial charge on any atom is 0.265 e. The first kappa shape index (κ1) is 15.2. The summed E-state index contributed by atoms with van der Waals surface area (Å²) >= 11 is 8.99. The monoisotopic (exact) mass is 358 g/mol. The smallest absolute Gasteiger partial charge is 0.265 e. The number of nitrogens with zero attached hydrogens (tertiary/aromatic N) is 1. The highest BCUT2D eigenvalue weighted by Gasteiger charge is 2.23. The molecule has 0 spiro atoms. The van der Waals surface area contributed by atoms with Crippen molar-refractivity contribution >= 4 is 27.5 Å². The van der Waals surface area contributed by atoms with Crippen LogP contribution in [0.4, 0.5) is 4.39 Å². The van der Waals surface area contributed by atoms with E-state index < -0.39 is 5.82 Å². The number of aromatic nitrogens is 2. The molecule has 0 fully saturated rings. The van der Waals surface area contributed by atoms with Gasteiger partial charge in [0.05, 0.1) is 16.3 Å². The third-order valence-corrected chi connectivity index (χ3v) is 3.81. The van der Waals surface area contributed by atoms with E-state index in [1.165, 1.54) is 12.1 Å². The fraction of sp³-hybridized carbons (Fsp3) is 0.286. The molecule has 0 saturated heterocycles. The summed E-state index contributed by atoms with van der Waals surface area (Å²) < 4.78 is 14.4. The van der Waals surface area contributed by atoms with Crippen LogP contribution >= 0.6 is 27.5 Å². The maximum atomic E-state index is 14.0. The minimum absolute atomic E-state index is 0.00891. The number of H-pyrrole nitrogens is 1. The van der Waals surface area contributed by atoms with Gasteiger partial charge in [-0.3, -0.25) is 4.79 Å². The van der Waals surface area contributed by atoms with Crippen molar-refractivity contribution in [1.82, 2.24) is 9.97 Å². The summed E-state index contributed by atoms with van der Waals surface area (Å²) in [6.45, 7) is 5.78. The zero-order chi connectivity index (χ0) is 15.1. The minimum Gasteiger partial charge on any atom is -0.305 e. The number of halogens is 3. The Kier molecular flexibility index (Phi) is 4.02. The van der Waals surface area contributed by atoms with Crippen molar-refractivity contribution in [3.63, 3.8) is 0 Å². The zero-order valence-electron chi connectivity index (χ0n) is 11.2. The number of hydrogen-bond acceptors (Lipinski definition) is 2. The van der Waals surface area contributed by atoms with Gasteiger partial charge in [-0.2, -0.15) is 0 Å². The molecular weight excluding hydrogens is 347 g/mol. The number of hydrogen-bond donors (Lipinski definition) is 1. The van der Waals surface area contributed by atoms with Crippen LogP contribution < -0.4 is 5.56 Å². The van der Waals surface area contributed by atoms with Gasteiger partial charge in [-0.25, -0.2) is 9.37 Å². The summed E-state index contributed by atoms with van der Waals surface area (Å²) in [4.78, 5) is 18.9. The molecular formula is C14H13BrClFN2O. The minimum atomic E-state index is -0.598. The molecule has 20 heavy (non-hydrogen) atoms. The molecule has 3 nitrogen and oxygen atoms in total. The maximum absolute atomic E-state index is 14.0. The molecule has 2 rings (SSSR count). The predicted octanol–water partition coefficient (Wildman–Crippen LogP) is 4.29. The van der Waals surface area contributed by atoms with E-state index in [4.69, 9.17) is 11.6 Å². The summed E-state index contributed by atoms with van der Waals surface area (Å²) in [5.41, 5.74) is 0.0409. The Morgan fingerprint density at radius 3 is 2.60 bits per heavy atom. The van der Waals surface area contributed by atoms with Crippen LogP contribution in [0, 0.1) is 5.82 Å². The number of rotatable bonds is 1. The molecule has 1 aromatic heterocycles. The molecule has 1 N–H and O–H groups in total. The Balaban J connectivity index is 2.74. The van der Waals surface area contributed by atoms with Gasteiger partial charge in [0.1, 0.15) is 10.3 Å². The Hall–Kier alpha value is -1.20. The lowest BCUT2D eigenvalue weighted by molar-refractivity contribution is 0.561. The van der Waals surface area contributed by atoms with Crippen molar-refractivity contribution in [1.29, 1.82) is 0 Å². The van der Waals surface area contributed by atoms with E-state index in [1.54, 1.807) is 6.07 Å². The standard InChI is InChI=1S/C14H13BrClFN2O/c1-14(2,3)11-9(15)13(20)19-12(18-11)7-5-4-6-8(16)10(7)17/h4-6H,1-3H3,(H,18,19,20). The highest BCUT2D eigenvalue weighted by molar-refractivity contribution is 9.10. The van der Waals surface area contributed by atoms with Crippen LogP contribution in [0.1, 0.15) is 26.5 Å². The van der Waals surface area contributed by atoms with E-state index in [1.807, 2.05) is 20.8 Å². The van der Waals surface area contributed by atoms with Gasteiger partial charge in [-0.1, -0.05) is 38.4 Å². The van der Waals surface area contributed by atoms with Crippen LogP contribution in [0.15, 0.2) is 27.5 Å². The third-order valence-electron chi connectivity index (χ3n) is 2.78. The highest BCUT2D eigenvalue weighted by Crippen LogP contribution is 2.29. The average molecular weight is 360 g/mol. The van der Waals surface area contributed by atoms with Gasteiger partial charge < -0.3 is 4.98 Å². The molecule has 0 saturated carbocycles. The molecule has 106 valence electrons. The second-order valence-corrected chi connectivity index (χ2v) is 6.63. The van der Waals surface area contributed by atoms with Gasteiger partial charge in [0.25, 0.3) is 5.56 Å². The molecule has 0 radical (unpaired) electrons. The molecule has 0 unspecified atom stereocenters. The molecule has 6 heteroatoms. The molecule has 0 amide bonds. The third kappa shape index (κ3) is 2.79. The van der Waals surface area contributed by atoms with Crippen molar-refractivity contribution in [3.8, 4) is 11.4 Å². The summed E-state index contributed by atoms with van der Waals surface area (Å²) in [5.74, 6) is -0.428. The fourth-order valence-corrected chi connectivity index (χ4v) is 2.73. The van der Waals surface area contributed by atoms with Gasteiger partial charge in [-0.15, -0.1) is 0 Å². The summed E-state index contributed by atoms with van der Waals surface area (Å²) in [5, 5.41) is -0.00891. The zero-order valence-corrected chi connectivity index (χ0v) is 13.6. The molecule has 2 aromatic rings. The van der Waals surface area contributed by atoms with Gasteiger partial charge in [0.15, 0.2) is 5.82 Å². The first-order chi connectivity index (χ1) is 9.21. The van der Waals surface area contributed by atoms with Crippen molar-refractivity contribution in [2.24, 2.45) is 0 Å². The number of nitrogens with one attached hydrogen (secondary N) is 1. The van der Waals surface area contributed by atoms with E-state index >= 15 is 0 Å². The summed E-state index contributed by atoms with van der Waals surface area (Å²) in [6.07, 6.45) is 0. The molecule has 1 heterocycles. The molecule has 0 atom stereocenters. The van der Waals surface area contributed by atoms with Gasteiger partial charge in [0.2, 0.25) is 0 Å². The van der Waals surface area contributed by atoms with E-state index in [0.717, 1.165) is 0 Å². The van der Waals surface area contributed by atoms with Gasteiger partial charge in [0, 0.05) is 5.41 Å². The Morgan fingerprint density at radius 2 is 2.00 bits per heavy atom. The van der Waals surface area contributed by atoms with Crippen LogP contribution in [0.5, 0.6) is 0 Å². The molecule has 0 bridgehead atoms. The highest BCUT2D eigenvalue weighted by atomic mass is 79.9. The van der Waals surface area contributed by atoms with Crippen molar-refractivity contribution in [3.05, 3.63) is 49.6 Å². The topological polar surface area (TPSA) is 45.8 Å². The first-order valence-electron chi connectivity index (χ1n) is 5.96. The van der Waals surface area contributed by atoms with Crippen molar-refractivity contribution in [2.45, 2.75) is 26.2 Å². The quantitative estimate of drug-likeness (QED) is 0.825. The number of aromatic amines is 1. The van der Waals surface area contributed by atoms with Gasteiger partial charge >= 0.3 is 0 Å². The molecule has 0 aliphatic heterocycles. The molecule has 1 aromatic carbocycles. The lowest BCUT2D eigenvalue weighted by Crippen LogP contribution is -2.22. The largest absolute Gasteiger partial charge is 0.305 e.